The molecule has 2 aliphatic heterocycles. The van der Waals surface area contributed by atoms with Crippen molar-refractivity contribution >= 4 is 5.91 Å². The second kappa shape index (κ2) is 6.61. The number of hydrogen-bond acceptors (Lipinski definition) is 5. The summed E-state index contributed by atoms with van der Waals surface area (Å²) in [7, 11) is 0. The van der Waals surface area contributed by atoms with Crippen LogP contribution in [-0.4, -0.2) is 72.4 Å². The van der Waals surface area contributed by atoms with Crippen molar-refractivity contribution < 1.29 is 19.4 Å². The molecule has 1 saturated heterocycles. The Morgan fingerprint density at radius 2 is 1.79 bits per heavy atom. The van der Waals surface area contributed by atoms with Crippen LogP contribution in [0.3, 0.4) is 0 Å². The van der Waals surface area contributed by atoms with Gasteiger partial charge in [-0.05, 0) is 37.5 Å². The third kappa shape index (κ3) is 2.96. The Kier molecular flexibility index (Phi) is 4.33. The van der Waals surface area contributed by atoms with Crippen LogP contribution in [0, 0.1) is 0 Å². The lowest BCUT2D eigenvalue weighted by molar-refractivity contribution is 0.0315. The molecule has 2 atom stereocenters. The van der Waals surface area contributed by atoms with E-state index in [1.807, 2.05) is 17.0 Å². The fraction of sp³-hybridized carbons (Fsp3) is 0.611. The normalized spacial score (nSPS) is 27.3. The van der Waals surface area contributed by atoms with E-state index < -0.39 is 0 Å². The Morgan fingerprint density at radius 1 is 1.04 bits per heavy atom. The molecule has 0 aromatic heterocycles. The molecule has 1 saturated carbocycles. The van der Waals surface area contributed by atoms with Gasteiger partial charge in [-0.15, -0.1) is 0 Å². The molecule has 24 heavy (non-hydrogen) atoms. The quantitative estimate of drug-likeness (QED) is 0.880. The van der Waals surface area contributed by atoms with Crippen molar-refractivity contribution in [3.8, 4) is 11.5 Å². The highest BCUT2D eigenvalue weighted by Crippen LogP contribution is 2.31. The fourth-order valence-corrected chi connectivity index (χ4v) is 3.96. The molecule has 0 radical (unpaired) electrons. The standard InChI is InChI=1S/C18H24N2O4/c21-15-3-1-2-14(15)19-6-8-20(9-7-19)18(22)13-4-5-16-17(12-13)24-11-10-23-16/h4-5,12,14-15,21H,1-3,6-11H2. The molecule has 2 unspecified atom stereocenters. The molecule has 6 heteroatoms. The molecular weight excluding hydrogens is 308 g/mol. The van der Waals surface area contributed by atoms with Gasteiger partial charge in [-0.2, -0.15) is 0 Å². The van der Waals surface area contributed by atoms with E-state index in [0.717, 1.165) is 32.4 Å². The molecule has 0 bridgehead atoms. The zero-order valence-electron chi connectivity index (χ0n) is 13.8. The number of aliphatic hydroxyl groups is 1. The van der Waals surface area contributed by atoms with Crippen LogP contribution in [0.1, 0.15) is 29.6 Å². The van der Waals surface area contributed by atoms with Crippen LogP contribution < -0.4 is 9.47 Å². The molecule has 1 amide bonds. The largest absolute Gasteiger partial charge is 0.486 e. The molecule has 130 valence electrons. The van der Waals surface area contributed by atoms with Crippen molar-refractivity contribution in [3.05, 3.63) is 23.8 Å². The first-order valence-electron chi connectivity index (χ1n) is 8.83. The third-order valence-corrected chi connectivity index (χ3v) is 5.30. The van der Waals surface area contributed by atoms with Gasteiger partial charge in [0.2, 0.25) is 0 Å². The summed E-state index contributed by atoms with van der Waals surface area (Å²) in [5.74, 6) is 1.40. The van der Waals surface area contributed by atoms with Crippen LogP contribution in [0.4, 0.5) is 0 Å². The van der Waals surface area contributed by atoms with Gasteiger partial charge in [0.25, 0.3) is 5.91 Å². The lowest BCUT2D eigenvalue weighted by atomic mass is 10.1. The fourth-order valence-electron chi connectivity index (χ4n) is 3.96. The summed E-state index contributed by atoms with van der Waals surface area (Å²) in [6, 6.07) is 5.68. The second-order valence-electron chi connectivity index (χ2n) is 6.75. The smallest absolute Gasteiger partial charge is 0.254 e. The van der Waals surface area contributed by atoms with Crippen molar-refractivity contribution in [3.63, 3.8) is 0 Å². The van der Waals surface area contributed by atoms with Crippen molar-refractivity contribution in [1.82, 2.24) is 9.80 Å². The maximum absolute atomic E-state index is 12.7. The van der Waals surface area contributed by atoms with Gasteiger partial charge < -0.3 is 19.5 Å². The number of rotatable bonds is 2. The van der Waals surface area contributed by atoms with Gasteiger partial charge in [0.15, 0.2) is 11.5 Å². The first-order chi connectivity index (χ1) is 11.7. The van der Waals surface area contributed by atoms with Crippen LogP contribution in [0.15, 0.2) is 18.2 Å². The van der Waals surface area contributed by atoms with Crippen LogP contribution in [0.25, 0.3) is 0 Å². The Hall–Kier alpha value is -1.79. The highest BCUT2D eigenvalue weighted by Gasteiger charge is 2.33. The summed E-state index contributed by atoms with van der Waals surface area (Å²) in [4.78, 5) is 17.0. The maximum Gasteiger partial charge on any atom is 0.254 e. The number of piperazine rings is 1. The summed E-state index contributed by atoms with van der Waals surface area (Å²) in [5, 5.41) is 10.1. The van der Waals surface area contributed by atoms with Crippen molar-refractivity contribution in [1.29, 1.82) is 0 Å². The number of carbonyl (C=O) groups is 1. The zero-order valence-corrected chi connectivity index (χ0v) is 13.8. The minimum absolute atomic E-state index is 0.0404. The SMILES string of the molecule is O=C(c1ccc2c(c1)OCCO2)N1CCN(C2CCCC2O)CC1. The molecule has 2 heterocycles. The van der Waals surface area contributed by atoms with Gasteiger partial charge in [-0.3, -0.25) is 9.69 Å². The van der Waals surface area contributed by atoms with E-state index in [4.69, 9.17) is 9.47 Å². The summed E-state index contributed by atoms with van der Waals surface area (Å²) in [6.07, 6.45) is 2.87. The first-order valence-corrected chi connectivity index (χ1v) is 8.83. The van der Waals surface area contributed by atoms with E-state index >= 15 is 0 Å². The first kappa shape index (κ1) is 15.7. The van der Waals surface area contributed by atoms with Gasteiger partial charge in [-0.1, -0.05) is 0 Å². The van der Waals surface area contributed by atoms with Crippen LogP contribution in [0.2, 0.25) is 0 Å². The molecule has 1 aliphatic carbocycles. The third-order valence-electron chi connectivity index (χ3n) is 5.30. The predicted octanol–water partition coefficient (Wildman–Crippen LogP) is 1.13. The average Bonchev–Trinajstić information content (AvgIpc) is 3.07. The van der Waals surface area contributed by atoms with Crippen LogP contribution in [-0.2, 0) is 0 Å². The minimum Gasteiger partial charge on any atom is -0.486 e. The number of amides is 1. The van der Waals surface area contributed by atoms with Crippen LogP contribution in [0.5, 0.6) is 11.5 Å². The molecule has 1 aromatic carbocycles. The lowest BCUT2D eigenvalue weighted by Gasteiger charge is -2.39. The van der Waals surface area contributed by atoms with Gasteiger partial charge in [-0.25, -0.2) is 0 Å². The van der Waals surface area contributed by atoms with E-state index in [-0.39, 0.29) is 18.1 Å². The average molecular weight is 332 g/mol. The van der Waals surface area contributed by atoms with Gasteiger partial charge in [0.05, 0.1) is 6.10 Å². The predicted molar refractivity (Wildman–Crippen MR) is 88.6 cm³/mol. The Balaban J connectivity index is 1.39. The number of fused-ring (bicyclic) bond motifs is 1. The second-order valence-corrected chi connectivity index (χ2v) is 6.75. The van der Waals surface area contributed by atoms with Crippen molar-refractivity contribution in [2.24, 2.45) is 0 Å². The van der Waals surface area contributed by atoms with Crippen molar-refractivity contribution in [2.45, 2.75) is 31.4 Å². The molecule has 6 nitrogen and oxygen atoms in total. The van der Waals surface area contributed by atoms with Gasteiger partial charge >= 0.3 is 0 Å². The molecule has 0 spiro atoms. The molecule has 1 aromatic rings. The van der Waals surface area contributed by atoms with Gasteiger partial charge in [0.1, 0.15) is 13.2 Å². The molecule has 4 rings (SSSR count). The highest BCUT2D eigenvalue weighted by atomic mass is 16.6. The molecule has 2 fully saturated rings. The van der Waals surface area contributed by atoms with E-state index in [9.17, 15) is 9.90 Å². The Morgan fingerprint density at radius 3 is 2.50 bits per heavy atom. The maximum atomic E-state index is 12.7. The topological polar surface area (TPSA) is 62.2 Å². The summed E-state index contributed by atoms with van der Waals surface area (Å²) in [6.45, 7) is 4.14. The van der Waals surface area contributed by atoms with Crippen LogP contribution >= 0.6 is 0 Å². The number of aliphatic hydroxyl groups excluding tert-OH is 1. The monoisotopic (exact) mass is 332 g/mol. The minimum atomic E-state index is -0.204. The molecular formula is C18H24N2O4. The number of nitrogens with zero attached hydrogens (tertiary/aromatic N) is 2. The number of hydrogen-bond donors (Lipinski definition) is 1. The zero-order chi connectivity index (χ0) is 16.5. The summed E-state index contributed by atoms with van der Waals surface area (Å²) < 4.78 is 11.1. The molecule has 1 N–H and O–H groups in total. The van der Waals surface area contributed by atoms with Crippen molar-refractivity contribution in [2.75, 3.05) is 39.4 Å². The van der Waals surface area contributed by atoms with E-state index in [1.54, 1.807) is 6.07 Å². The van der Waals surface area contributed by atoms with E-state index in [1.165, 1.54) is 0 Å². The van der Waals surface area contributed by atoms with Gasteiger partial charge in [0, 0.05) is 37.8 Å². The van der Waals surface area contributed by atoms with E-state index in [0.29, 0.717) is 43.4 Å². The Bertz CT molecular complexity index is 613. The highest BCUT2D eigenvalue weighted by molar-refractivity contribution is 5.95. The summed E-state index contributed by atoms with van der Waals surface area (Å²) >= 11 is 0. The summed E-state index contributed by atoms with van der Waals surface area (Å²) in [5.41, 5.74) is 0.647. The number of ether oxygens (including phenoxy) is 2. The molecule has 3 aliphatic rings. The lowest BCUT2D eigenvalue weighted by Crippen LogP contribution is -2.53. The number of benzene rings is 1. The van der Waals surface area contributed by atoms with E-state index in [2.05, 4.69) is 4.90 Å². The Labute approximate surface area is 141 Å². The number of carbonyl (C=O) groups excluding carboxylic acids is 1.